The summed E-state index contributed by atoms with van der Waals surface area (Å²) in [5, 5.41) is 13.5. The Morgan fingerprint density at radius 2 is 1.95 bits per heavy atom. The summed E-state index contributed by atoms with van der Waals surface area (Å²) in [6.45, 7) is 7.98. The molecule has 1 aliphatic rings. The second-order valence-corrected chi connectivity index (χ2v) is 5.80. The second kappa shape index (κ2) is 4.81. The average molecular weight is 281 g/mol. The van der Waals surface area contributed by atoms with Crippen molar-refractivity contribution in [2.24, 2.45) is 0 Å². The smallest absolute Gasteiger partial charge is 0.416 e. The maximum atomic E-state index is 12.2. The van der Waals surface area contributed by atoms with Crippen molar-refractivity contribution in [1.29, 1.82) is 0 Å². The number of carbonyl (C=O) groups is 2. The third-order valence-electron chi connectivity index (χ3n) is 2.94. The number of hydrogen-bond donors (Lipinski definition) is 1. The van der Waals surface area contributed by atoms with Crippen LogP contribution in [-0.4, -0.2) is 39.1 Å². The lowest BCUT2D eigenvalue weighted by Crippen LogP contribution is -2.41. The average Bonchev–Trinajstić information content (AvgIpc) is 2.61. The van der Waals surface area contributed by atoms with Gasteiger partial charge >= 0.3 is 12.1 Å². The standard InChI is InChI=1S/C13H19N3O4/c1-8-9(11(17)18)10-15(6-5-7-16(10)14-8)12(19)20-13(2,3)4/h5-7H2,1-4H3,(H,17,18). The number of carbonyl (C=O) groups excluding carboxylic acids is 1. The summed E-state index contributed by atoms with van der Waals surface area (Å²) in [7, 11) is 0. The number of carboxylic acid groups (broad SMARTS) is 1. The van der Waals surface area contributed by atoms with Gasteiger partial charge in [0.1, 0.15) is 11.2 Å². The molecule has 0 spiro atoms. The fourth-order valence-electron chi connectivity index (χ4n) is 2.23. The van der Waals surface area contributed by atoms with Crippen LogP contribution in [0.15, 0.2) is 0 Å². The topological polar surface area (TPSA) is 84.7 Å². The number of nitrogens with zero attached hydrogens (tertiary/aromatic N) is 3. The number of fused-ring (bicyclic) bond motifs is 1. The zero-order valence-electron chi connectivity index (χ0n) is 12.1. The number of hydrogen-bond acceptors (Lipinski definition) is 4. The van der Waals surface area contributed by atoms with Crippen LogP contribution in [0.4, 0.5) is 10.6 Å². The van der Waals surface area contributed by atoms with E-state index in [2.05, 4.69) is 5.10 Å². The summed E-state index contributed by atoms with van der Waals surface area (Å²) in [6.07, 6.45) is 0.174. The van der Waals surface area contributed by atoms with Crippen molar-refractivity contribution >= 4 is 17.9 Å². The normalized spacial score (nSPS) is 14.9. The highest BCUT2D eigenvalue weighted by molar-refractivity contribution is 6.00. The zero-order chi connectivity index (χ0) is 15.1. The third-order valence-corrected chi connectivity index (χ3v) is 2.94. The van der Waals surface area contributed by atoms with E-state index in [-0.39, 0.29) is 5.56 Å². The molecule has 7 nitrogen and oxygen atoms in total. The third kappa shape index (κ3) is 2.61. The summed E-state index contributed by atoms with van der Waals surface area (Å²) in [5.41, 5.74) is -0.156. The predicted octanol–water partition coefficient (Wildman–Crippen LogP) is 2.03. The molecular weight excluding hydrogens is 262 g/mol. The molecule has 0 bridgehead atoms. The molecular formula is C13H19N3O4. The van der Waals surface area contributed by atoms with E-state index in [0.29, 0.717) is 31.0 Å². The lowest BCUT2D eigenvalue weighted by atomic mass is 10.2. The molecule has 1 N–H and O–H groups in total. The summed E-state index contributed by atoms with van der Waals surface area (Å²) in [5.74, 6) is -0.769. The highest BCUT2D eigenvalue weighted by Gasteiger charge is 2.33. The van der Waals surface area contributed by atoms with Gasteiger partial charge in [-0.2, -0.15) is 5.10 Å². The van der Waals surface area contributed by atoms with Crippen LogP contribution in [0.3, 0.4) is 0 Å². The van der Waals surface area contributed by atoms with Crippen LogP contribution in [0, 0.1) is 6.92 Å². The molecule has 20 heavy (non-hydrogen) atoms. The van der Waals surface area contributed by atoms with Gasteiger partial charge in [-0.3, -0.25) is 4.90 Å². The van der Waals surface area contributed by atoms with E-state index in [1.54, 1.807) is 32.4 Å². The molecule has 7 heteroatoms. The van der Waals surface area contributed by atoms with E-state index >= 15 is 0 Å². The number of aryl methyl sites for hydroxylation is 2. The predicted molar refractivity (Wildman–Crippen MR) is 72.1 cm³/mol. The maximum Gasteiger partial charge on any atom is 0.416 e. The first kappa shape index (κ1) is 14.4. The minimum atomic E-state index is -1.08. The molecule has 0 aromatic carbocycles. The van der Waals surface area contributed by atoms with Crippen molar-refractivity contribution in [2.75, 3.05) is 11.4 Å². The van der Waals surface area contributed by atoms with Crippen LogP contribution >= 0.6 is 0 Å². The lowest BCUT2D eigenvalue weighted by Gasteiger charge is -2.30. The lowest BCUT2D eigenvalue weighted by molar-refractivity contribution is 0.0572. The first-order chi connectivity index (χ1) is 9.20. The van der Waals surface area contributed by atoms with E-state index in [1.807, 2.05) is 0 Å². The summed E-state index contributed by atoms with van der Waals surface area (Å²) in [6, 6.07) is 0. The second-order valence-electron chi connectivity index (χ2n) is 5.80. The van der Waals surface area contributed by atoms with Crippen molar-refractivity contribution in [1.82, 2.24) is 9.78 Å². The van der Waals surface area contributed by atoms with Gasteiger partial charge in [0, 0.05) is 13.1 Å². The van der Waals surface area contributed by atoms with Crippen molar-refractivity contribution in [2.45, 2.75) is 46.3 Å². The van der Waals surface area contributed by atoms with E-state index in [1.165, 1.54) is 4.90 Å². The molecule has 0 atom stereocenters. The van der Waals surface area contributed by atoms with Gasteiger partial charge in [0.2, 0.25) is 0 Å². The number of amides is 1. The number of rotatable bonds is 1. The van der Waals surface area contributed by atoms with E-state index in [4.69, 9.17) is 4.74 Å². The maximum absolute atomic E-state index is 12.2. The van der Waals surface area contributed by atoms with Gasteiger partial charge in [-0.25, -0.2) is 14.3 Å². The molecule has 0 unspecified atom stereocenters. The monoisotopic (exact) mass is 281 g/mol. The molecule has 0 saturated carbocycles. The number of aromatic carboxylic acids is 1. The fraction of sp³-hybridized carbons (Fsp3) is 0.615. The number of aromatic nitrogens is 2. The molecule has 0 saturated heterocycles. The zero-order valence-corrected chi connectivity index (χ0v) is 12.1. The first-order valence-electron chi connectivity index (χ1n) is 6.52. The molecule has 2 rings (SSSR count). The van der Waals surface area contributed by atoms with Crippen LogP contribution < -0.4 is 4.90 Å². The van der Waals surface area contributed by atoms with Crippen molar-refractivity contribution in [3.63, 3.8) is 0 Å². The van der Waals surface area contributed by atoms with Gasteiger partial charge in [0.05, 0.1) is 5.69 Å². The Morgan fingerprint density at radius 3 is 2.50 bits per heavy atom. The summed E-state index contributed by atoms with van der Waals surface area (Å²) < 4.78 is 6.89. The molecule has 0 radical (unpaired) electrons. The van der Waals surface area contributed by atoms with Gasteiger partial charge in [0.25, 0.3) is 0 Å². The minimum absolute atomic E-state index is 0.0653. The number of ether oxygens (including phenoxy) is 1. The SMILES string of the molecule is Cc1nn2c(c1C(=O)O)N(C(=O)OC(C)(C)C)CCC2. The van der Waals surface area contributed by atoms with Crippen molar-refractivity contribution < 1.29 is 19.4 Å². The highest BCUT2D eigenvalue weighted by atomic mass is 16.6. The van der Waals surface area contributed by atoms with E-state index < -0.39 is 17.7 Å². The van der Waals surface area contributed by atoms with E-state index in [9.17, 15) is 14.7 Å². The Morgan fingerprint density at radius 1 is 1.30 bits per heavy atom. The minimum Gasteiger partial charge on any atom is -0.477 e. The van der Waals surface area contributed by atoms with Crippen molar-refractivity contribution in [3.8, 4) is 0 Å². The molecule has 0 aliphatic carbocycles. The van der Waals surface area contributed by atoms with Gasteiger partial charge in [-0.15, -0.1) is 0 Å². The van der Waals surface area contributed by atoms with Gasteiger partial charge in [-0.1, -0.05) is 0 Å². The van der Waals surface area contributed by atoms with Crippen LogP contribution in [0.5, 0.6) is 0 Å². The quantitative estimate of drug-likeness (QED) is 0.851. The molecule has 0 fully saturated rings. The largest absolute Gasteiger partial charge is 0.477 e. The van der Waals surface area contributed by atoms with Gasteiger partial charge in [0.15, 0.2) is 5.82 Å². The van der Waals surface area contributed by atoms with E-state index in [0.717, 1.165) is 0 Å². The Labute approximate surface area is 117 Å². The molecule has 1 aromatic heterocycles. The molecule has 1 amide bonds. The van der Waals surface area contributed by atoms with Crippen molar-refractivity contribution in [3.05, 3.63) is 11.3 Å². The van der Waals surface area contributed by atoms with Crippen LogP contribution in [0.2, 0.25) is 0 Å². The Kier molecular flexibility index (Phi) is 3.45. The molecule has 1 aromatic rings. The molecule has 2 heterocycles. The van der Waals surface area contributed by atoms with Gasteiger partial charge < -0.3 is 9.84 Å². The molecule has 110 valence electrons. The van der Waals surface area contributed by atoms with Crippen LogP contribution in [-0.2, 0) is 11.3 Å². The summed E-state index contributed by atoms with van der Waals surface area (Å²) >= 11 is 0. The van der Waals surface area contributed by atoms with Crippen LogP contribution in [0.1, 0.15) is 43.2 Å². The fourth-order valence-corrected chi connectivity index (χ4v) is 2.23. The Balaban J connectivity index is 2.41. The number of anilines is 1. The molecule has 1 aliphatic heterocycles. The van der Waals surface area contributed by atoms with Gasteiger partial charge in [-0.05, 0) is 34.1 Å². The Bertz CT molecular complexity index is 557. The Hall–Kier alpha value is -2.05. The van der Waals surface area contributed by atoms with Crippen LogP contribution in [0.25, 0.3) is 0 Å². The first-order valence-corrected chi connectivity index (χ1v) is 6.52. The highest BCUT2D eigenvalue weighted by Crippen LogP contribution is 2.29. The number of carboxylic acids is 1. The summed E-state index contributed by atoms with van der Waals surface area (Å²) in [4.78, 5) is 25.0.